The van der Waals surface area contributed by atoms with Crippen molar-refractivity contribution < 1.29 is 32.9 Å². The highest BCUT2D eigenvalue weighted by Crippen LogP contribution is 2.50. The Bertz CT molecular complexity index is 1210. The van der Waals surface area contributed by atoms with Crippen molar-refractivity contribution in [1.82, 2.24) is 19.5 Å². The molecule has 3 N–H and O–H groups in total. The summed E-state index contributed by atoms with van der Waals surface area (Å²) in [6.45, 7) is 1.98. The highest BCUT2D eigenvalue weighted by molar-refractivity contribution is 5.84. The molecule has 188 valence electrons. The summed E-state index contributed by atoms with van der Waals surface area (Å²) < 4.78 is 48.1. The lowest BCUT2D eigenvalue weighted by atomic mass is 9.97. The van der Waals surface area contributed by atoms with Crippen molar-refractivity contribution in [3.63, 3.8) is 0 Å². The normalized spacial score (nSPS) is 26.1. The van der Waals surface area contributed by atoms with Gasteiger partial charge in [-0.2, -0.15) is 9.97 Å². The summed E-state index contributed by atoms with van der Waals surface area (Å²) in [5.41, 5.74) is 4.18. The second-order valence-corrected chi connectivity index (χ2v) is 8.33. The average molecular weight is 492 g/mol. The number of imidazole rings is 1. The van der Waals surface area contributed by atoms with Gasteiger partial charge in [0.1, 0.15) is 13.2 Å². The van der Waals surface area contributed by atoms with Gasteiger partial charge in [0.25, 0.3) is 5.85 Å². The van der Waals surface area contributed by atoms with Gasteiger partial charge in [0.15, 0.2) is 28.9 Å². The maximum absolute atomic E-state index is 16.1. The molecule has 4 rings (SSSR count). The van der Waals surface area contributed by atoms with Gasteiger partial charge in [-0.25, -0.2) is 18.6 Å². The summed E-state index contributed by atoms with van der Waals surface area (Å²) in [6.07, 6.45) is -4.01. The molecule has 4 atom stereocenters. The molecule has 1 saturated heterocycles. The number of benzene rings is 1. The molecule has 2 aromatic heterocycles. The van der Waals surface area contributed by atoms with Crippen molar-refractivity contribution in [2.75, 3.05) is 30.8 Å². The lowest BCUT2D eigenvalue weighted by molar-refractivity contribution is -0.209. The van der Waals surface area contributed by atoms with Gasteiger partial charge in [0.2, 0.25) is 12.1 Å². The van der Waals surface area contributed by atoms with Gasteiger partial charge < -0.3 is 30.0 Å². The van der Waals surface area contributed by atoms with E-state index in [2.05, 4.69) is 15.0 Å². The molecule has 0 aliphatic carbocycles. The van der Waals surface area contributed by atoms with Crippen LogP contribution >= 0.6 is 0 Å². The molecule has 1 aromatic carbocycles. The third kappa shape index (κ3) is 4.44. The number of ether oxygens (including phenoxy) is 3. The number of aliphatic hydroxyl groups is 1. The molecule has 13 heteroatoms. The van der Waals surface area contributed by atoms with Crippen LogP contribution < -0.4 is 10.6 Å². The zero-order chi connectivity index (χ0) is 25.4. The molecule has 0 unspecified atom stereocenters. The van der Waals surface area contributed by atoms with Crippen molar-refractivity contribution in [3.05, 3.63) is 42.2 Å². The van der Waals surface area contributed by atoms with Gasteiger partial charge in [-0.05, 0) is 19.4 Å². The SMILES string of the molecule is CCN(C)c1nc(N)nc2c1ncn2[C@@H]1O[C@](F)(CO)[C@@H](OC(=O)OCc2ccccc2)[C@@]1(C)F. The first-order valence-corrected chi connectivity index (χ1v) is 10.9. The van der Waals surface area contributed by atoms with Crippen molar-refractivity contribution in [2.24, 2.45) is 0 Å². The van der Waals surface area contributed by atoms with E-state index in [4.69, 9.17) is 19.9 Å². The topological polar surface area (TPSA) is 138 Å². The minimum Gasteiger partial charge on any atom is -0.429 e. The van der Waals surface area contributed by atoms with Gasteiger partial charge in [0, 0.05) is 13.6 Å². The predicted octanol–water partition coefficient (Wildman–Crippen LogP) is 2.50. The van der Waals surface area contributed by atoms with E-state index >= 15 is 8.78 Å². The molecule has 0 amide bonds. The molecule has 0 radical (unpaired) electrons. The summed E-state index contributed by atoms with van der Waals surface area (Å²) >= 11 is 0. The Morgan fingerprint density at radius 3 is 2.69 bits per heavy atom. The fraction of sp³-hybridized carbons (Fsp3) is 0.455. The van der Waals surface area contributed by atoms with Crippen LogP contribution in [0.4, 0.5) is 25.3 Å². The Morgan fingerprint density at radius 1 is 1.31 bits per heavy atom. The molecule has 35 heavy (non-hydrogen) atoms. The number of carbonyl (C=O) groups excluding carboxylic acids is 1. The zero-order valence-corrected chi connectivity index (χ0v) is 19.4. The number of fused-ring (bicyclic) bond motifs is 1. The number of halogens is 2. The van der Waals surface area contributed by atoms with E-state index in [-0.39, 0.29) is 23.7 Å². The Morgan fingerprint density at radius 2 is 2.03 bits per heavy atom. The van der Waals surface area contributed by atoms with Crippen LogP contribution in [0.1, 0.15) is 25.6 Å². The number of hydrogen-bond donors (Lipinski definition) is 2. The second kappa shape index (κ2) is 9.23. The van der Waals surface area contributed by atoms with Crippen LogP contribution in [0.3, 0.4) is 0 Å². The number of alkyl halides is 2. The van der Waals surface area contributed by atoms with E-state index in [0.29, 0.717) is 17.9 Å². The second-order valence-electron chi connectivity index (χ2n) is 8.33. The number of nitrogens with zero attached hydrogens (tertiary/aromatic N) is 5. The quantitative estimate of drug-likeness (QED) is 0.473. The van der Waals surface area contributed by atoms with E-state index in [1.54, 1.807) is 42.3 Å². The standard InChI is InChI=1S/C22H26F2N6O5/c1-4-29(3)15-14-16(28-19(25)27-15)30(12-26-14)18-21(2,23)17(22(24,11-31)35-18)34-20(32)33-10-13-8-6-5-7-9-13/h5-9,12,17-18,31H,4,10-11H2,1-3H3,(H2,25,27,28)/t17-,18+,21+,22+/m0/s1. The molecule has 0 spiro atoms. The molecule has 0 saturated carbocycles. The smallest absolute Gasteiger partial charge is 0.429 e. The fourth-order valence-corrected chi connectivity index (χ4v) is 3.92. The van der Waals surface area contributed by atoms with Crippen molar-refractivity contribution in [2.45, 2.75) is 44.3 Å². The van der Waals surface area contributed by atoms with E-state index < -0.39 is 36.6 Å². The Hall–Kier alpha value is -3.58. The zero-order valence-electron chi connectivity index (χ0n) is 19.4. The molecule has 1 aliphatic rings. The van der Waals surface area contributed by atoms with Gasteiger partial charge in [-0.15, -0.1) is 0 Å². The third-order valence-electron chi connectivity index (χ3n) is 5.83. The fourth-order valence-electron chi connectivity index (χ4n) is 3.92. The van der Waals surface area contributed by atoms with Crippen LogP contribution in [0.15, 0.2) is 36.7 Å². The molecule has 11 nitrogen and oxygen atoms in total. The monoisotopic (exact) mass is 492 g/mol. The van der Waals surface area contributed by atoms with Crippen molar-refractivity contribution in [3.8, 4) is 0 Å². The predicted molar refractivity (Wildman–Crippen MR) is 121 cm³/mol. The number of nitrogens with two attached hydrogens (primary N) is 1. The van der Waals surface area contributed by atoms with Crippen LogP contribution in [0.5, 0.6) is 0 Å². The van der Waals surface area contributed by atoms with Crippen LogP contribution in [-0.4, -0.2) is 68.6 Å². The number of nitrogen functional groups attached to an aromatic ring is 1. The molecule has 1 fully saturated rings. The number of aliphatic hydroxyl groups excluding tert-OH is 1. The molecular formula is C22H26F2N6O5. The maximum Gasteiger partial charge on any atom is 0.509 e. The number of hydrogen-bond acceptors (Lipinski definition) is 10. The third-order valence-corrected chi connectivity index (χ3v) is 5.83. The summed E-state index contributed by atoms with van der Waals surface area (Å²) in [6, 6.07) is 8.68. The number of carbonyl (C=O) groups is 1. The first-order chi connectivity index (χ1) is 16.6. The lowest BCUT2D eigenvalue weighted by Gasteiger charge is -2.28. The number of aromatic nitrogens is 4. The summed E-state index contributed by atoms with van der Waals surface area (Å²) in [7, 11) is 1.76. The lowest BCUT2D eigenvalue weighted by Crippen LogP contribution is -2.49. The molecule has 1 aliphatic heterocycles. The van der Waals surface area contributed by atoms with Crippen molar-refractivity contribution in [1.29, 1.82) is 0 Å². The molecular weight excluding hydrogens is 466 g/mol. The first-order valence-electron chi connectivity index (χ1n) is 10.9. The Kier molecular flexibility index (Phi) is 6.47. The largest absolute Gasteiger partial charge is 0.509 e. The van der Waals surface area contributed by atoms with E-state index in [1.807, 2.05) is 6.92 Å². The maximum atomic E-state index is 16.1. The van der Waals surface area contributed by atoms with Crippen LogP contribution in [0, 0.1) is 0 Å². The van der Waals surface area contributed by atoms with E-state index in [9.17, 15) is 9.90 Å². The minimum atomic E-state index is -3.07. The van der Waals surface area contributed by atoms with E-state index in [0.717, 1.165) is 11.5 Å². The summed E-state index contributed by atoms with van der Waals surface area (Å²) in [5.74, 6) is -2.80. The van der Waals surface area contributed by atoms with Gasteiger partial charge in [0.05, 0.1) is 6.33 Å². The molecule has 3 aromatic rings. The van der Waals surface area contributed by atoms with Gasteiger partial charge in [-0.1, -0.05) is 30.3 Å². The van der Waals surface area contributed by atoms with Gasteiger partial charge in [-0.3, -0.25) is 4.57 Å². The highest BCUT2D eigenvalue weighted by Gasteiger charge is 2.67. The number of anilines is 2. The highest BCUT2D eigenvalue weighted by atomic mass is 19.2. The van der Waals surface area contributed by atoms with Crippen LogP contribution in [-0.2, 0) is 20.8 Å². The summed E-state index contributed by atoms with van der Waals surface area (Å²) in [5, 5.41) is 9.69. The minimum absolute atomic E-state index is 0.0780. The average Bonchev–Trinajstić information content (AvgIpc) is 3.34. The Labute approximate surface area is 199 Å². The first kappa shape index (κ1) is 24.5. The summed E-state index contributed by atoms with van der Waals surface area (Å²) in [4.78, 5) is 26.6. The van der Waals surface area contributed by atoms with Crippen LogP contribution in [0.25, 0.3) is 11.2 Å². The van der Waals surface area contributed by atoms with Crippen LogP contribution in [0.2, 0.25) is 0 Å². The van der Waals surface area contributed by atoms with Crippen molar-refractivity contribution >= 4 is 29.1 Å². The molecule has 3 heterocycles. The molecule has 0 bridgehead atoms. The number of rotatable bonds is 7. The van der Waals surface area contributed by atoms with Gasteiger partial charge >= 0.3 is 6.16 Å². The van der Waals surface area contributed by atoms with E-state index in [1.165, 1.54) is 6.33 Å². The Balaban J connectivity index is 1.63.